The molecular formula is C70H104N12O17S. The lowest BCUT2D eigenvalue weighted by atomic mass is 9.93. The molecule has 0 radical (unpaired) electrons. The average Bonchev–Trinajstić information content (AvgIpc) is 1.37. The number of likely N-dealkylation sites (N-methyl/N-ethyl adjacent to an activating group) is 3. The second-order valence-electron chi connectivity index (χ2n) is 26.8. The number of hydrogen-bond donors (Lipinski definition) is 11. The first-order valence-corrected chi connectivity index (χ1v) is 34.7. The van der Waals surface area contributed by atoms with Gasteiger partial charge in [-0.15, -0.1) is 0 Å². The van der Waals surface area contributed by atoms with Crippen molar-refractivity contribution in [3.8, 4) is 0 Å². The van der Waals surface area contributed by atoms with Crippen LogP contribution in [0.2, 0.25) is 0 Å². The van der Waals surface area contributed by atoms with Crippen molar-refractivity contribution in [1.82, 2.24) is 51.5 Å². The number of nitrogens with zero attached hydrogens (tertiary/aromatic N) is 5. The van der Waals surface area contributed by atoms with Gasteiger partial charge in [0.1, 0.15) is 54.1 Å². The SMILES string of the molecule is CC[C@H](C)[C@@H]1NC(=O)[C@H](CCC(C)=O)NC(=O)[C@H](C(C)C)NC(=O)[C@H](Cc2ccccc2)N(C)C(=O)[C@H](CO)CC(=O)[C@H](CS)N(C)C(=O)C[C@@H](C(=O)N2CCC[C@H]2C(=O)C[C@@H](CCCN=C(C)N)C(=O)O)NC(=O)[C@H](C(C)C)NC(=O)[C@H](CO)NC(=O)[C@H](Cc2ccccc2)N(C)C1=O. The van der Waals surface area contributed by atoms with Crippen molar-refractivity contribution < 1.29 is 82.4 Å². The minimum absolute atomic E-state index is 0.0403. The first kappa shape index (κ1) is 83.8. The van der Waals surface area contributed by atoms with Crippen molar-refractivity contribution >= 4 is 101 Å². The summed E-state index contributed by atoms with van der Waals surface area (Å²) in [6, 6.07) is 1.65. The zero-order valence-electron chi connectivity index (χ0n) is 59.3. The lowest BCUT2D eigenvalue weighted by Gasteiger charge is -2.35. The number of aliphatic hydroxyl groups is 2. The number of nitrogens with two attached hydrogens (primary N) is 1. The summed E-state index contributed by atoms with van der Waals surface area (Å²) in [5.41, 5.74) is 6.74. The van der Waals surface area contributed by atoms with Crippen LogP contribution in [-0.4, -0.2) is 237 Å². The van der Waals surface area contributed by atoms with Crippen LogP contribution in [0.4, 0.5) is 0 Å². The van der Waals surface area contributed by atoms with Crippen molar-refractivity contribution in [3.63, 3.8) is 0 Å². The Morgan fingerprint density at radius 1 is 0.640 bits per heavy atom. The molecule has 2 fully saturated rings. The maximum Gasteiger partial charge on any atom is 0.306 e. The molecule has 2 aliphatic rings. The molecule has 0 aliphatic carbocycles. The lowest BCUT2D eigenvalue weighted by molar-refractivity contribution is -0.147. The molecule has 11 N–H and O–H groups in total. The number of carboxylic acid groups (broad SMARTS) is 1. The molecule has 0 spiro atoms. The number of aliphatic hydroxyl groups excluding tert-OH is 2. The van der Waals surface area contributed by atoms with Crippen molar-refractivity contribution in [2.75, 3.05) is 53.2 Å². The topological polar surface area (TPSA) is 423 Å². The number of thiol groups is 1. The smallest absolute Gasteiger partial charge is 0.306 e. The summed E-state index contributed by atoms with van der Waals surface area (Å²) >= 11 is 4.40. The third-order valence-electron chi connectivity index (χ3n) is 18.5. The summed E-state index contributed by atoms with van der Waals surface area (Å²) in [5.74, 6) is -17.6. The van der Waals surface area contributed by atoms with Gasteiger partial charge in [-0.25, -0.2) is 0 Å². The summed E-state index contributed by atoms with van der Waals surface area (Å²) in [6.45, 7) is 10.6. The minimum atomic E-state index is -1.87. The molecule has 552 valence electrons. The van der Waals surface area contributed by atoms with Gasteiger partial charge in [0.2, 0.25) is 59.1 Å². The monoisotopic (exact) mass is 1420 g/mol. The zero-order chi connectivity index (χ0) is 74.8. The summed E-state index contributed by atoms with van der Waals surface area (Å²) in [6.07, 6.45) is -2.07. The van der Waals surface area contributed by atoms with E-state index in [4.69, 9.17) is 5.73 Å². The predicted molar refractivity (Wildman–Crippen MR) is 373 cm³/mol. The minimum Gasteiger partial charge on any atom is -0.481 e. The number of likely N-dealkylation sites (tertiary alicyclic amines) is 1. The van der Waals surface area contributed by atoms with Gasteiger partial charge in [0.15, 0.2) is 11.6 Å². The largest absolute Gasteiger partial charge is 0.481 e. The Morgan fingerprint density at radius 2 is 1.15 bits per heavy atom. The fourth-order valence-corrected chi connectivity index (χ4v) is 12.5. The lowest BCUT2D eigenvalue weighted by Crippen LogP contribution is -2.62. The van der Waals surface area contributed by atoms with Gasteiger partial charge in [-0.1, -0.05) is 109 Å². The second kappa shape index (κ2) is 40.6. The van der Waals surface area contributed by atoms with Crippen LogP contribution in [-0.2, 0) is 80.0 Å². The van der Waals surface area contributed by atoms with E-state index >= 15 is 9.59 Å². The second-order valence-corrected chi connectivity index (χ2v) is 27.1. The van der Waals surface area contributed by atoms with E-state index in [1.807, 2.05) is 0 Å². The molecule has 2 aromatic carbocycles. The Balaban J connectivity index is 1.93. The summed E-state index contributed by atoms with van der Waals surface area (Å²) < 4.78 is 0. The van der Waals surface area contributed by atoms with Gasteiger partial charge in [-0.3, -0.25) is 67.3 Å². The predicted octanol–water partition coefficient (Wildman–Crippen LogP) is 0.291. The van der Waals surface area contributed by atoms with Crippen LogP contribution >= 0.6 is 12.6 Å². The van der Waals surface area contributed by atoms with Gasteiger partial charge in [-0.05, 0) is 74.8 Å². The quantitative estimate of drug-likeness (QED) is 0.0308. The number of rotatable bonds is 23. The Hall–Kier alpha value is -8.64. The van der Waals surface area contributed by atoms with Gasteiger partial charge in [0.25, 0.3) is 0 Å². The summed E-state index contributed by atoms with van der Waals surface area (Å²) in [5, 5.41) is 47.6. The number of aliphatic imine (C=N–C) groups is 1. The molecule has 0 aromatic heterocycles. The van der Waals surface area contributed by atoms with Crippen LogP contribution in [0.25, 0.3) is 0 Å². The number of carbonyl (C=O) groups is 14. The standard InChI is InChI=1S/C70H104N12O17S/c1-12-41(6)60-69(97)81(11)52(31-44-21-15-13-16-22-44)63(91)75-50(37-84)62(90)76-58(39(2)3)66(94)74-49(68(96)82-30-20-26-51(82)55(86)33-46(70(98)99)25-19-29-72-43(8)71)35-57(88)79(9)54(38-100)56(87)34-47(36-83)67(95)80(10)53(32-45-23-17-14-18-24-45)64(92)77-59(40(4)5)65(93)73-48(61(89)78-60)28-27-42(7)85/h13-18,21-24,39-41,46-54,58-60,83-84,100H,12,19-20,25-38H2,1-11H3,(H2,71,72)(H,73,93)(H,74,94)(H,75,91)(H,76,90)(H,77,92)(H,78,89)(H,98,99)/t41-,46+,47-,48-,49-,50-,51-,52-,53-,54-,58-,59-,60-/m0/s1. The Kier molecular flexibility index (Phi) is 34.0. The highest BCUT2D eigenvalue weighted by Crippen LogP contribution is 2.26. The number of ketones is 3. The fraction of sp³-hybridized carbons (Fsp3) is 0.614. The normalized spacial score (nSPS) is 25.3. The Bertz CT molecular complexity index is 3230. The Morgan fingerprint density at radius 3 is 1.65 bits per heavy atom. The number of aliphatic carboxylic acids is 1. The van der Waals surface area contributed by atoms with E-state index < -0.39 is 205 Å². The van der Waals surface area contributed by atoms with Gasteiger partial charge < -0.3 is 77.3 Å². The van der Waals surface area contributed by atoms with Crippen molar-refractivity contribution in [3.05, 3.63) is 71.8 Å². The first-order chi connectivity index (χ1) is 47.2. The third kappa shape index (κ3) is 24.3. The number of nitrogens with one attached hydrogen (secondary N) is 6. The van der Waals surface area contributed by atoms with E-state index in [9.17, 15) is 72.9 Å². The Labute approximate surface area is 590 Å². The van der Waals surface area contributed by atoms with Crippen molar-refractivity contribution in [2.45, 2.75) is 193 Å². The molecule has 13 atom stereocenters. The summed E-state index contributed by atoms with van der Waals surface area (Å²) in [4.78, 5) is 210. The number of Topliss-reactive ketones (excluding diaryl/α,β-unsaturated/α-hetero) is 3. The van der Waals surface area contributed by atoms with Gasteiger partial charge in [-0.2, -0.15) is 12.6 Å². The van der Waals surface area contributed by atoms with E-state index in [-0.39, 0.29) is 82.5 Å². The third-order valence-corrected chi connectivity index (χ3v) is 18.8. The molecule has 2 aromatic rings. The summed E-state index contributed by atoms with van der Waals surface area (Å²) in [7, 11) is 3.77. The maximum absolute atomic E-state index is 15.1. The zero-order valence-corrected chi connectivity index (χ0v) is 60.2. The molecule has 29 nitrogen and oxygen atoms in total. The molecule has 30 heteroatoms. The van der Waals surface area contributed by atoms with E-state index in [2.05, 4.69) is 49.5 Å². The number of carboxylic acids is 1. The van der Waals surface area contributed by atoms with Crippen molar-refractivity contribution in [1.29, 1.82) is 0 Å². The van der Waals surface area contributed by atoms with Crippen LogP contribution in [0.15, 0.2) is 65.7 Å². The molecule has 0 saturated carbocycles. The van der Waals surface area contributed by atoms with Gasteiger partial charge >= 0.3 is 5.97 Å². The van der Waals surface area contributed by atoms with Crippen LogP contribution in [0.1, 0.15) is 131 Å². The number of carbonyl (C=O) groups excluding carboxylic acids is 13. The molecule has 0 unspecified atom stereocenters. The van der Waals surface area contributed by atoms with Crippen LogP contribution in [0.3, 0.4) is 0 Å². The molecule has 4 rings (SSSR count). The number of hydrogen-bond acceptors (Lipinski definition) is 18. The van der Waals surface area contributed by atoms with E-state index in [0.29, 0.717) is 11.1 Å². The number of benzene rings is 2. The van der Waals surface area contributed by atoms with E-state index in [1.165, 1.54) is 41.9 Å². The highest BCUT2D eigenvalue weighted by Gasteiger charge is 2.44. The molecule has 10 amide bonds. The highest BCUT2D eigenvalue weighted by molar-refractivity contribution is 7.80. The fourth-order valence-electron chi connectivity index (χ4n) is 12.0. The highest BCUT2D eigenvalue weighted by atomic mass is 32.1. The van der Waals surface area contributed by atoms with Crippen molar-refractivity contribution in [2.24, 2.45) is 40.3 Å². The van der Waals surface area contributed by atoms with Crippen LogP contribution in [0.5, 0.6) is 0 Å². The molecule has 2 heterocycles. The first-order valence-electron chi connectivity index (χ1n) is 34.1. The molecular weight excluding hydrogens is 1310 g/mol. The van der Waals surface area contributed by atoms with Crippen LogP contribution in [0, 0.1) is 29.6 Å². The number of amides is 10. The molecule has 2 aliphatic heterocycles. The van der Waals surface area contributed by atoms with E-state index in [1.54, 1.807) is 95.3 Å². The van der Waals surface area contributed by atoms with Gasteiger partial charge in [0.05, 0.1) is 49.4 Å². The molecule has 0 bridgehead atoms. The van der Waals surface area contributed by atoms with Gasteiger partial charge in [0, 0.05) is 72.1 Å². The van der Waals surface area contributed by atoms with E-state index in [0.717, 1.165) is 19.6 Å². The number of amidine groups is 1. The molecule has 100 heavy (non-hydrogen) atoms. The maximum atomic E-state index is 15.1. The average molecular weight is 1420 g/mol. The van der Waals surface area contributed by atoms with Crippen LogP contribution < -0.4 is 37.6 Å². The molecule has 2 saturated heterocycles.